The Hall–Kier alpha value is -3.54. The standard InChI is InChI=1S/C24H22N4O2/c1-12(2)24-26-9-19(28-24)15-6-20-23-21(7-15)30-11-17-5-14(18-8-25-13(3)27-18)4-16(10-29-20)22(17)23/h4-9,12H,10-11H2,1-3H3,(H,25,27)(H,26,28). The first-order chi connectivity index (χ1) is 14.6. The lowest BCUT2D eigenvalue weighted by molar-refractivity contribution is 0.277. The largest absolute Gasteiger partial charge is 0.488 e. The van der Waals surface area contributed by atoms with Crippen LogP contribution in [0.4, 0.5) is 0 Å². The van der Waals surface area contributed by atoms with E-state index in [4.69, 9.17) is 9.47 Å². The quantitative estimate of drug-likeness (QED) is 0.488. The fraction of sp³-hybridized carbons (Fsp3) is 0.250. The van der Waals surface area contributed by atoms with E-state index in [1.54, 1.807) is 0 Å². The van der Waals surface area contributed by atoms with Crippen LogP contribution in [-0.4, -0.2) is 19.9 Å². The maximum Gasteiger partial charge on any atom is 0.132 e. The summed E-state index contributed by atoms with van der Waals surface area (Å²) in [6, 6.07) is 8.57. The van der Waals surface area contributed by atoms with Crippen LogP contribution in [-0.2, 0) is 13.2 Å². The second-order valence-electron chi connectivity index (χ2n) is 8.31. The Kier molecular flexibility index (Phi) is 3.60. The van der Waals surface area contributed by atoms with Gasteiger partial charge in [-0.05, 0) is 42.3 Å². The summed E-state index contributed by atoms with van der Waals surface area (Å²) < 4.78 is 12.4. The monoisotopic (exact) mass is 398 g/mol. The van der Waals surface area contributed by atoms with Gasteiger partial charge in [0, 0.05) is 22.6 Å². The maximum atomic E-state index is 6.19. The van der Waals surface area contributed by atoms with E-state index in [2.05, 4.69) is 58.0 Å². The molecule has 30 heavy (non-hydrogen) atoms. The van der Waals surface area contributed by atoms with Gasteiger partial charge in [-0.25, -0.2) is 9.97 Å². The SMILES string of the molecule is Cc1ncc(-c2cc3c4c(c2)COc2cc(-c5cnc(C(C)C)[nH]5)cc(c2-4)OC3)[nH]1. The van der Waals surface area contributed by atoms with Crippen LogP contribution in [0.25, 0.3) is 33.6 Å². The van der Waals surface area contributed by atoms with Crippen molar-refractivity contribution in [3.05, 3.63) is 59.4 Å². The Labute approximate surface area is 174 Å². The number of hydrogen-bond acceptors (Lipinski definition) is 4. The molecule has 6 heteroatoms. The lowest BCUT2D eigenvalue weighted by Gasteiger charge is -2.30. The number of nitrogens with one attached hydrogen (secondary N) is 2. The first-order valence-electron chi connectivity index (χ1n) is 10.2. The Balaban J connectivity index is 1.47. The molecule has 0 aliphatic carbocycles. The Morgan fingerprint density at radius 3 is 1.97 bits per heavy atom. The average Bonchev–Trinajstić information content (AvgIpc) is 3.41. The minimum atomic E-state index is 0.351. The summed E-state index contributed by atoms with van der Waals surface area (Å²) in [7, 11) is 0. The lowest BCUT2D eigenvalue weighted by atomic mass is 9.87. The van der Waals surface area contributed by atoms with Gasteiger partial charge in [0.1, 0.15) is 36.4 Å². The van der Waals surface area contributed by atoms with Crippen LogP contribution in [0.5, 0.6) is 11.5 Å². The fourth-order valence-electron chi connectivity index (χ4n) is 4.35. The molecule has 4 heterocycles. The van der Waals surface area contributed by atoms with Gasteiger partial charge in [0.25, 0.3) is 0 Å². The van der Waals surface area contributed by atoms with Gasteiger partial charge in [-0.3, -0.25) is 0 Å². The van der Waals surface area contributed by atoms with Crippen LogP contribution in [0.15, 0.2) is 36.7 Å². The minimum Gasteiger partial charge on any atom is -0.488 e. The Morgan fingerprint density at radius 2 is 1.40 bits per heavy atom. The summed E-state index contributed by atoms with van der Waals surface area (Å²) in [4.78, 5) is 15.6. The molecule has 2 aliphatic heterocycles. The first-order valence-corrected chi connectivity index (χ1v) is 10.2. The predicted octanol–water partition coefficient (Wildman–Crippen LogP) is 5.35. The van der Waals surface area contributed by atoms with Gasteiger partial charge in [-0.1, -0.05) is 13.8 Å². The molecule has 2 aromatic carbocycles. The van der Waals surface area contributed by atoms with Crippen LogP contribution in [0.3, 0.4) is 0 Å². The molecule has 0 radical (unpaired) electrons. The normalized spacial score (nSPS) is 13.7. The fourth-order valence-corrected chi connectivity index (χ4v) is 4.35. The van der Waals surface area contributed by atoms with Crippen molar-refractivity contribution in [2.24, 2.45) is 0 Å². The van der Waals surface area contributed by atoms with Gasteiger partial charge in [0.15, 0.2) is 0 Å². The lowest BCUT2D eigenvalue weighted by Crippen LogP contribution is -2.15. The highest BCUT2D eigenvalue weighted by atomic mass is 16.5. The van der Waals surface area contributed by atoms with Gasteiger partial charge in [-0.2, -0.15) is 0 Å². The van der Waals surface area contributed by atoms with E-state index in [0.29, 0.717) is 19.1 Å². The van der Waals surface area contributed by atoms with Gasteiger partial charge < -0.3 is 19.4 Å². The molecule has 6 rings (SSSR count). The van der Waals surface area contributed by atoms with Crippen LogP contribution >= 0.6 is 0 Å². The number of H-pyrrole nitrogens is 2. The number of aromatic amines is 2. The second kappa shape index (κ2) is 6.23. The Bertz CT molecular complexity index is 1250. The number of rotatable bonds is 3. The summed E-state index contributed by atoms with van der Waals surface area (Å²) in [6.07, 6.45) is 3.76. The van der Waals surface area contributed by atoms with E-state index in [1.165, 1.54) is 16.7 Å². The molecular formula is C24H22N4O2. The first kappa shape index (κ1) is 17.3. The van der Waals surface area contributed by atoms with E-state index in [9.17, 15) is 0 Å². The predicted molar refractivity (Wildman–Crippen MR) is 115 cm³/mol. The number of ether oxygens (including phenoxy) is 2. The topological polar surface area (TPSA) is 75.8 Å². The molecular weight excluding hydrogens is 376 g/mol. The smallest absolute Gasteiger partial charge is 0.132 e. The molecule has 0 saturated heterocycles. The molecule has 2 aliphatic rings. The summed E-state index contributed by atoms with van der Waals surface area (Å²) >= 11 is 0. The third-order valence-electron chi connectivity index (χ3n) is 5.85. The number of aryl methyl sites for hydroxylation is 1. The highest BCUT2D eigenvalue weighted by Crippen LogP contribution is 2.51. The van der Waals surface area contributed by atoms with Gasteiger partial charge in [0.05, 0.1) is 29.3 Å². The molecule has 0 unspecified atom stereocenters. The van der Waals surface area contributed by atoms with Crippen molar-refractivity contribution in [2.75, 3.05) is 0 Å². The molecule has 0 atom stereocenters. The van der Waals surface area contributed by atoms with E-state index >= 15 is 0 Å². The molecule has 6 nitrogen and oxygen atoms in total. The second-order valence-corrected chi connectivity index (χ2v) is 8.31. The van der Waals surface area contributed by atoms with Crippen molar-refractivity contribution in [3.8, 4) is 45.1 Å². The van der Waals surface area contributed by atoms with E-state index in [-0.39, 0.29) is 0 Å². The minimum absolute atomic E-state index is 0.351. The van der Waals surface area contributed by atoms with Crippen molar-refractivity contribution in [2.45, 2.75) is 39.9 Å². The van der Waals surface area contributed by atoms with Gasteiger partial charge >= 0.3 is 0 Å². The number of imidazole rings is 2. The molecule has 4 aromatic rings. The Morgan fingerprint density at radius 1 is 0.800 bits per heavy atom. The molecule has 0 amide bonds. The van der Waals surface area contributed by atoms with Crippen molar-refractivity contribution < 1.29 is 9.47 Å². The van der Waals surface area contributed by atoms with E-state index in [0.717, 1.165) is 51.2 Å². The number of hydrogen-bond donors (Lipinski definition) is 2. The van der Waals surface area contributed by atoms with Crippen LogP contribution in [0.2, 0.25) is 0 Å². The molecule has 2 N–H and O–H groups in total. The third kappa shape index (κ3) is 2.56. The van der Waals surface area contributed by atoms with Crippen LogP contribution in [0.1, 0.15) is 42.5 Å². The zero-order valence-corrected chi connectivity index (χ0v) is 17.2. The average molecular weight is 398 g/mol. The summed E-state index contributed by atoms with van der Waals surface area (Å²) in [5.74, 6) is 3.96. The molecule has 0 spiro atoms. The zero-order chi connectivity index (χ0) is 20.4. The maximum absolute atomic E-state index is 6.19. The molecule has 0 saturated carbocycles. The molecule has 150 valence electrons. The summed E-state index contributed by atoms with van der Waals surface area (Å²) in [5.41, 5.74) is 8.80. The van der Waals surface area contributed by atoms with E-state index < -0.39 is 0 Å². The molecule has 2 aromatic heterocycles. The van der Waals surface area contributed by atoms with Crippen LogP contribution < -0.4 is 9.47 Å². The van der Waals surface area contributed by atoms with Gasteiger partial charge in [-0.15, -0.1) is 0 Å². The van der Waals surface area contributed by atoms with Crippen molar-refractivity contribution >= 4 is 0 Å². The van der Waals surface area contributed by atoms with Crippen LogP contribution in [0, 0.1) is 6.92 Å². The third-order valence-corrected chi connectivity index (χ3v) is 5.85. The number of benzene rings is 2. The van der Waals surface area contributed by atoms with E-state index in [1.807, 2.05) is 19.3 Å². The van der Waals surface area contributed by atoms with Crippen molar-refractivity contribution in [1.29, 1.82) is 0 Å². The number of aromatic nitrogens is 4. The molecule has 0 fully saturated rings. The van der Waals surface area contributed by atoms with Crippen molar-refractivity contribution in [3.63, 3.8) is 0 Å². The number of nitrogens with zero attached hydrogens (tertiary/aromatic N) is 2. The highest BCUT2D eigenvalue weighted by molar-refractivity contribution is 5.88. The van der Waals surface area contributed by atoms with Crippen molar-refractivity contribution in [1.82, 2.24) is 19.9 Å². The summed E-state index contributed by atoms with van der Waals surface area (Å²) in [6.45, 7) is 7.30. The molecule has 0 bridgehead atoms. The highest BCUT2D eigenvalue weighted by Gasteiger charge is 2.30. The summed E-state index contributed by atoms with van der Waals surface area (Å²) in [5, 5.41) is 0. The van der Waals surface area contributed by atoms with Gasteiger partial charge in [0.2, 0.25) is 0 Å². The zero-order valence-electron chi connectivity index (χ0n) is 17.2.